The molecule has 1 aromatic rings. The lowest BCUT2D eigenvalue weighted by molar-refractivity contribution is 0.250. The maximum Gasteiger partial charge on any atom is 0.137 e. The molecule has 0 amide bonds. The normalized spacial score (nSPS) is 13.4. The quantitative estimate of drug-likeness (QED) is 0.635. The Morgan fingerprint density at radius 2 is 2.06 bits per heavy atom. The number of rotatable bonds is 5. The predicted molar refractivity (Wildman–Crippen MR) is 77.3 cm³/mol. The number of hydrogen-bond donors (Lipinski definition) is 2. The number of thioether (sulfide) groups is 1. The van der Waals surface area contributed by atoms with Crippen LogP contribution in [0.4, 0.5) is 5.82 Å². The fourth-order valence-corrected chi connectivity index (χ4v) is 2.15. The summed E-state index contributed by atoms with van der Waals surface area (Å²) in [6, 6.07) is 1.95. The summed E-state index contributed by atoms with van der Waals surface area (Å²) in [5.41, 5.74) is -0.0647. The first-order valence-corrected chi connectivity index (χ1v) is 7.16. The summed E-state index contributed by atoms with van der Waals surface area (Å²) in [6.07, 6.45) is 0. The lowest BCUT2D eigenvalue weighted by Crippen LogP contribution is -2.17. The molecule has 0 aliphatic heterocycles. The molecule has 4 nitrogen and oxygen atoms in total. The van der Waals surface area contributed by atoms with Crippen molar-refractivity contribution in [3.05, 3.63) is 11.9 Å². The lowest BCUT2D eigenvalue weighted by Gasteiger charge is -2.18. The van der Waals surface area contributed by atoms with Gasteiger partial charge < -0.3 is 10.4 Å². The van der Waals surface area contributed by atoms with E-state index in [2.05, 4.69) is 36.1 Å². The van der Waals surface area contributed by atoms with Crippen LogP contribution in [-0.2, 0) is 5.41 Å². The molecule has 0 radical (unpaired) electrons. The second-order valence-electron chi connectivity index (χ2n) is 5.51. The van der Waals surface area contributed by atoms with Crippen molar-refractivity contribution in [1.82, 2.24) is 9.97 Å². The monoisotopic (exact) mass is 269 g/mol. The first-order chi connectivity index (χ1) is 8.36. The van der Waals surface area contributed by atoms with Gasteiger partial charge in [-0.2, -0.15) is 0 Å². The molecule has 1 atom stereocenters. The first-order valence-electron chi connectivity index (χ1n) is 6.17. The van der Waals surface area contributed by atoms with Crippen LogP contribution in [0.15, 0.2) is 11.1 Å². The second kappa shape index (κ2) is 6.38. The Morgan fingerprint density at radius 1 is 1.39 bits per heavy atom. The van der Waals surface area contributed by atoms with E-state index in [0.717, 1.165) is 22.4 Å². The van der Waals surface area contributed by atoms with E-state index in [1.807, 2.05) is 20.0 Å². The van der Waals surface area contributed by atoms with E-state index < -0.39 is 0 Å². The van der Waals surface area contributed by atoms with E-state index >= 15 is 0 Å². The molecule has 0 saturated carbocycles. The Kier molecular flexibility index (Phi) is 5.41. The molecule has 0 bridgehead atoms. The van der Waals surface area contributed by atoms with Gasteiger partial charge in [0.05, 0.1) is 0 Å². The molecule has 0 fully saturated rings. The van der Waals surface area contributed by atoms with Crippen LogP contribution >= 0.6 is 11.8 Å². The third-order valence-electron chi connectivity index (χ3n) is 2.46. The van der Waals surface area contributed by atoms with Crippen LogP contribution in [0.3, 0.4) is 0 Å². The van der Waals surface area contributed by atoms with E-state index in [1.165, 1.54) is 0 Å². The highest BCUT2D eigenvalue weighted by atomic mass is 32.2. The van der Waals surface area contributed by atoms with Crippen LogP contribution in [0, 0.1) is 5.92 Å². The number of aromatic nitrogens is 2. The number of aliphatic hydroxyl groups is 1. The Balaban J connectivity index is 2.91. The zero-order valence-corrected chi connectivity index (χ0v) is 12.6. The van der Waals surface area contributed by atoms with Crippen molar-refractivity contribution in [2.45, 2.75) is 38.1 Å². The van der Waals surface area contributed by atoms with Crippen LogP contribution in [0.2, 0.25) is 0 Å². The van der Waals surface area contributed by atoms with Crippen LogP contribution < -0.4 is 5.32 Å². The van der Waals surface area contributed by atoms with Gasteiger partial charge in [0.15, 0.2) is 0 Å². The Hall–Kier alpha value is -0.810. The third kappa shape index (κ3) is 4.46. The molecular formula is C13H23N3OS. The number of nitrogens with zero attached hydrogens (tertiary/aromatic N) is 2. The second-order valence-corrected chi connectivity index (χ2v) is 6.55. The highest BCUT2D eigenvalue weighted by molar-refractivity contribution is 7.99. The smallest absolute Gasteiger partial charge is 0.137 e. The molecule has 0 saturated heterocycles. The SMILES string of the molecule is CNc1cc(SCC(C)CO)nc(C(C)(C)C)n1. The minimum absolute atomic E-state index is 0.0647. The fraction of sp³-hybridized carbons (Fsp3) is 0.692. The fourth-order valence-electron chi connectivity index (χ4n) is 1.24. The molecule has 0 aromatic carbocycles. The summed E-state index contributed by atoms with van der Waals surface area (Å²) in [6.45, 7) is 8.55. The van der Waals surface area contributed by atoms with Crippen LogP contribution in [-0.4, -0.2) is 34.5 Å². The first kappa shape index (κ1) is 15.2. The van der Waals surface area contributed by atoms with E-state index in [4.69, 9.17) is 5.11 Å². The molecule has 102 valence electrons. The average Bonchev–Trinajstić information content (AvgIpc) is 2.34. The Labute approximate surface area is 114 Å². The van der Waals surface area contributed by atoms with Gasteiger partial charge in [0.2, 0.25) is 0 Å². The van der Waals surface area contributed by atoms with Gasteiger partial charge in [-0.15, -0.1) is 11.8 Å². The molecule has 1 unspecified atom stereocenters. The van der Waals surface area contributed by atoms with Crippen molar-refractivity contribution in [1.29, 1.82) is 0 Å². The van der Waals surface area contributed by atoms with Gasteiger partial charge in [0.1, 0.15) is 16.7 Å². The molecule has 0 spiro atoms. The van der Waals surface area contributed by atoms with Crippen molar-refractivity contribution in [3.63, 3.8) is 0 Å². The molecule has 18 heavy (non-hydrogen) atoms. The summed E-state index contributed by atoms with van der Waals surface area (Å²) >= 11 is 1.66. The van der Waals surface area contributed by atoms with Crippen LogP contribution in [0.5, 0.6) is 0 Å². The molecular weight excluding hydrogens is 246 g/mol. The molecule has 5 heteroatoms. The highest BCUT2D eigenvalue weighted by Crippen LogP contribution is 2.25. The van der Waals surface area contributed by atoms with E-state index in [0.29, 0.717) is 0 Å². The molecule has 1 aromatic heterocycles. The molecule has 2 N–H and O–H groups in total. The van der Waals surface area contributed by atoms with Crippen molar-refractivity contribution >= 4 is 17.6 Å². The minimum Gasteiger partial charge on any atom is -0.396 e. The summed E-state index contributed by atoms with van der Waals surface area (Å²) in [4.78, 5) is 9.07. The summed E-state index contributed by atoms with van der Waals surface area (Å²) < 4.78 is 0. The van der Waals surface area contributed by atoms with Crippen LogP contribution in [0.1, 0.15) is 33.5 Å². The van der Waals surface area contributed by atoms with Gasteiger partial charge in [-0.05, 0) is 5.92 Å². The predicted octanol–water partition coefficient (Wildman–Crippen LogP) is 2.54. The Bertz CT molecular complexity index is 390. The molecule has 1 heterocycles. The number of hydrogen-bond acceptors (Lipinski definition) is 5. The van der Waals surface area contributed by atoms with E-state index in [-0.39, 0.29) is 17.9 Å². The van der Waals surface area contributed by atoms with E-state index in [1.54, 1.807) is 11.8 Å². The third-order valence-corrected chi connectivity index (χ3v) is 3.70. The summed E-state index contributed by atoms with van der Waals surface area (Å²) in [5.74, 6) is 2.82. The van der Waals surface area contributed by atoms with E-state index in [9.17, 15) is 0 Å². The van der Waals surface area contributed by atoms with Gasteiger partial charge in [0.25, 0.3) is 0 Å². The summed E-state index contributed by atoms with van der Waals surface area (Å²) in [5, 5.41) is 13.1. The zero-order chi connectivity index (χ0) is 13.8. The number of aliphatic hydroxyl groups excluding tert-OH is 1. The van der Waals surface area contributed by atoms with Gasteiger partial charge >= 0.3 is 0 Å². The number of anilines is 1. The van der Waals surface area contributed by atoms with Crippen molar-refractivity contribution < 1.29 is 5.11 Å². The van der Waals surface area contributed by atoms with Gasteiger partial charge in [-0.1, -0.05) is 27.7 Å². The molecule has 0 aliphatic rings. The van der Waals surface area contributed by atoms with Crippen molar-refractivity contribution in [2.24, 2.45) is 5.92 Å². The molecule has 1 rings (SSSR count). The van der Waals surface area contributed by atoms with Gasteiger partial charge in [-0.3, -0.25) is 0 Å². The lowest BCUT2D eigenvalue weighted by atomic mass is 9.96. The van der Waals surface area contributed by atoms with Crippen LogP contribution in [0.25, 0.3) is 0 Å². The topological polar surface area (TPSA) is 58.0 Å². The van der Waals surface area contributed by atoms with Crippen molar-refractivity contribution in [2.75, 3.05) is 24.7 Å². The largest absolute Gasteiger partial charge is 0.396 e. The average molecular weight is 269 g/mol. The van der Waals surface area contributed by atoms with Gasteiger partial charge in [-0.25, -0.2) is 9.97 Å². The minimum atomic E-state index is -0.0647. The standard InChI is InChI=1S/C13H23N3OS/c1-9(7-17)8-18-11-6-10(14-5)15-12(16-11)13(2,3)4/h6,9,17H,7-8H2,1-5H3,(H,14,15,16). The molecule has 0 aliphatic carbocycles. The van der Waals surface area contributed by atoms with Gasteiger partial charge in [0, 0.05) is 30.9 Å². The van der Waals surface area contributed by atoms with Crippen molar-refractivity contribution in [3.8, 4) is 0 Å². The Morgan fingerprint density at radius 3 is 2.56 bits per heavy atom. The number of nitrogens with one attached hydrogen (secondary N) is 1. The maximum atomic E-state index is 9.04. The highest BCUT2D eigenvalue weighted by Gasteiger charge is 2.19. The summed E-state index contributed by atoms with van der Waals surface area (Å²) in [7, 11) is 1.86. The maximum absolute atomic E-state index is 9.04. The zero-order valence-electron chi connectivity index (χ0n) is 11.8.